The van der Waals surface area contributed by atoms with E-state index in [0.29, 0.717) is 23.1 Å². The maximum atomic E-state index is 12.5. The maximum absolute atomic E-state index is 12.5. The molecule has 3 nitrogen and oxygen atoms in total. The third kappa shape index (κ3) is 4.89. The number of unbranched alkanes of at least 4 members (excludes halogenated alkanes) is 1. The van der Waals surface area contributed by atoms with Crippen molar-refractivity contribution in [2.45, 2.75) is 25.2 Å². The summed E-state index contributed by atoms with van der Waals surface area (Å²) in [4.78, 5) is 24.1. The molecule has 23 heavy (non-hydrogen) atoms. The van der Waals surface area contributed by atoms with Crippen molar-refractivity contribution in [2.75, 3.05) is 4.43 Å². The van der Waals surface area contributed by atoms with E-state index in [4.69, 9.17) is 0 Å². The Kier molecular flexibility index (Phi) is 6.77. The number of carbonyl (C=O) groups excluding carboxylic acids is 1. The van der Waals surface area contributed by atoms with Gasteiger partial charge in [-0.3, -0.25) is 9.59 Å². The maximum Gasteiger partial charge on any atom is 0.310 e. The summed E-state index contributed by atoms with van der Waals surface area (Å²) in [6, 6.07) is 16.1. The second kappa shape index (κ2) is 8.82. The fourth-order valence-corrected chi connectivity index (χ4v) is 3.07. The zero-order valence-corrected chi connectivity index (χ0v) is 14.9. The molecule has 0 bridgehead atoms. The van der Waals surface area contributed by atoms with Gasteiger partial charge in [-0.05, 0) is 28.9 Å². The SMILES string of the molecule is O=C(c1ccccc1)c1cccc(C(CCCCI)C(=O)O)c1. The molecule has 0 saturated carbocycles. The van der Waals surface area contributed by atoms with Crippen LogP contribution in [0.4, 0.5) is 0 Å². The van der Waals surface area contributed by atoms with Gasteiger partial charge in [-0.15, -0.1) is 0 Å². The minimum absolute atomic E-state index is 0.0798. The summed E-state index contributed by atoms with van der Waals surface area (Å²) in [5, 5.41) is 9.49. The average molecular weight is 422 g/mol. The Labute approximate surface area is 149 Å². The molecule has 120 valence electrons. The Bertz CT molecular complexity index is 667. The number of alkyl halides is 1. The summed E-state index contributed by atoms with van der Waals surface area (Å²) in [6.45, 7) is 0. The number of carbonyl (C=O) groups is 2. The Morgan fingerprint density at radius 2 is 1.65 bits per heavy atom. The minimum Gasteiger partial charge on any atom is -0.481 e. The summed E-state index contributed by atoms with van der Waals surface area (Å²) < 4.78 is 1.02. The summed E-state index contributed by atoms with van der Waals surface area (Å²) in [5.74, 6) is -1.46. The van der Waals surface area contributed by atoms with E-state index >= 15 is 0 Å². The largest absolute Gasteiger partial charge is 0.481 e. The van der Waals surface area contributed by atoms with Crippen LogP contribution in [0.15, 0.2) is 54.6 Å². The molecule has 2 rings (SSSR count). The van der Waals surface area contributed by atoms with E-state index < -0.39 is 11.9 Å². The molecule has 0 fully saturated rings. The zero-order chi connectivity index (χ0) is 16.7. The molecule has 0 aliphatic carbocycles. The molecule has 1 atom stereocenters. The lowest BCUT2D eigenvalue weighted by Gasteiger charge is -2.13. The van der Waals surface area contributed by atoms with Gasteiger partial charge in [-0.1, -0.05) is 77.5 Å². The third-order valence-electron chi connectivity index (χ3n) is 3.76. The molecule has 0 heterocycles. The van der Waals surface area contributed by atoms with Crippen LogP contribution in [-0.2, 0) is 4.79 Å². The van der Waals surface area contributed by atoms with E-state index in [1.165, 1.54) is 0 Å². The molecular weight excluding hydrogens is 403 g/mol. The highest BCUT2D eigenvalue weighted by molar-refractivity contribution is 14.1. The Hall–Kier alpha value is -1.69. The molecule has 2 aromatic carbocycles. The molecule has 0 amide bonds. The van der Waals surface area contributed by atoms with Gasteiger partial charge in [0.05, 0.1) is 5.92 Å². The first kappa shape index (κ1) is 17.7. The summed E-state index contributed by atoms with van der Waals surface area (Å²) in [7, 11) is 0. The molecule has 0 radical (unpaired) electrons. The molecule has 4 heteroatoms. The lowest BCUT2D eigenvalue weighted by molar-refractivity contribution is -0.139. The van der Waals surface area contributed by atoms with Gasteiger partial charge in [0.15, 0.2) is 5.78 Å². The van der Waals surface area contributed by atoms with Crippen LogP contribution in [0.1, 0.15) is 46.7 Å². The van der Waals surface area contributed by atoms with Crippen molar-refractivity contribution in [3.05, 3.63) is 71.3 Å². The van der Waals surface area contributed by atoms with E-state index in [0.717, 1.165) is 17.3 Å². The number of carboxylic acid groups (broad SMARTS) is 1. The third-order valence-corrected chi connectivity index (χ3v) is 4.52. The number of aliphatic carboxylic acids is 1. The highest BCUT2D eigenvalue weighted by atomic mass is 127. The molecule has 1 unspecified atom stereocenters. The zero-order valence-electron chi connectivity index (χ0n) is 12.7. The summed E-state index contributed by atoms with van der Waals surface area (Å²) >= 11 is 2.29. The van der Waals surface area contributed by atoms with Crippen LogP contribution in [0, 0.1) is 0 Å². The van der Waals surface area contributed by atoms with Gasteiger partial charge in [0.1, 0.15) is 0 Å². The normalized spacial score (nSPS) is 11.9. The van der Waals surface area contributed by atoms with E-state index in [1.807, 2.05) is 18.2 Å². The molecule has 0 aromatic heterocycles. The number of hydrogen-bond acceptors (Lipinski definition) is 2. The molecule has 0 saturated heterocycles. The second-order valence-corrected chi connectivity index (χ2v) is 6.47. The Morgan fingerprint density at radius 3 is 2.30 bits per heavy atom. The first-order chi connectivity index (χ1) is 11.1. The van der Waals surface area contributed by atoms with Crippen molar-refractivity contribution < 1.29 is 14.7 Å². The minimum atomic E-state index is -0.831. The van der Waals surface area contributed by atoms with Crippen molar-refractivity contribution in [1.29, 1.82) is 0 Å². The van der Waals surface area contributed by atoms with Gasteiger partial charge in [0.25, 0.3) is 0 Å². The number of ketones is 1. The van der Waals surface area contributed by atoms with Gasteiger partial charge in [-0.25, -0.2) is 0 Å². The van der Waals surface area contributed by atoms with Crippen LogP contribution in [0.2, 0.25) is 0 Å². The molecule has 0 aliphatic rings. The van der Waals surface area contributed by atoms with Crippen molar-refractivity contribution in [3.8, 4) is 0 Å². The highest BCUT2D eigenvalue weighted by Crippen LogP contribution is 2.24. The first-order valence-corrected chi connectivity index (χ1v) is 9.14. The topological polar surface area (TPSA) is 54.4 Å². The van der Waals surface area contributed by atoms with E-state index in [2.05, 4.69) is 22.6 Å². The quantitative estimate of drug-likeness (QED) is 0.291. The van der Waals surface area contributed by atoms with Crippen molar-refractivity contribution in [1.82, 2.24) is 0 Å². The molecule has 0 spiro atoms. The van der Waals surface area contributed by atoms with Crippen LogP contribution in [0.5, 0.6) is 0 Å². The van der Waals surface area contributed by atoms with Crippen LogP contribution >= 0.6 is 22.6 Å². The molecule has 0 aliphatic heterocycles. The number of rotatable bonds is 8. The number of hydrogen-bond donors (Lipinski definition) is 1. The van der Waals surface area contributed by atoms with Crippen molar-refractivity contribution in [3.63, 3.8) is 0 Å². The molecular formula is C19H19IO3. The fourth-order valence-electron chi connectivity index (χ4n) is 2.53. The summed E-state index contributed by atoms with van der Waals surface area (Å²) in [6.07, 6.45) is 2.48. The predicted octanol–water partition coefficient (Wildman–Crippen LogP) is 4.69. The molecule has 1 N–H and O–H groups in total. The lowest BCUT2D eigenvalue weighted by Crippen LogP contribution is -2.13. The van der Waals surface area contributed by atoms with Crippen molar-refractivity contribution >= 4 is 34.3 Å². The smallest absolute Gasteiger partial charge is 0.310 e. The van der Waals surface area contributed by atoms with Crippen LogP contribution in [-0.4, -0.2) is 21.3 Å². The first-order valence-electron chi connectivity index (χ1n) is 7.62. The van der Waals surface area contributed by atoms with Gasteiger partial charge in [-0.2, -0.15) is 0 Å². The Morgan fingerprint density at radius 1 is 0.957 bits per heavy atom. The van der Waals surface area contributed by atoms with Gasteiger partial charge < -0.3 is 5.11 Å². The number of carboxylic acids is 1. The highest BCUT2D eigenvalue weighted by Gasteiger charge is 2.20. The summed E-state index contributed by atoms with van der Waals surface area (Å²) in [5.41, 5.74) is 1.85. The van der Waals surface area contributed by atoms with Crippen LogP contribution < -0.4 is 0 Å². The molecule has 2 aromatic rings. The predicted molar refractivity (Wildman–Crippen MR) is 99.4 cm³/mol. The monoisotopic (exact) mass is 422 g/mol. The van der Waals surface area contributed by atoms with Gasteiger partial charge >= 0.3 is 5.97 Å². The van der Waals surface area contributed by atoms with E-state index in [-0.39, 0.29) is 5.78 Å². The number of halogens is 1. The fraction of sp³-hybridized carbons (Fsp3) is 0.263. The standard InChI is InChI=1S/C19H19IO3/c20-12-5-4-11-17(19(22)23)15-9-6-10-16(13-15)18(21)14-7-2-1-3-8-14/h1-3,6-10,13,17H,4-5,11-12H2,(H,22,23). The van der Waals surface area contributed by atoms with E-state index in [9.17, 15) is 14.7 Å². The Balaban J connectivity index is 2.23. The van der Waals surface area contributed by atoms with Gasteiger partial charge in [0, 0.05) is 11.1 Å². The van der Waals surface area contributed by atoms with Crippen LogP contribution in [0.3, 0.4) is 0 Å². The second-order valence-electron chi connectivity index (χ2n) is 5.40. The van der Waals surface area contributed by atoms with E-state index in [1.54, 1.807) is 36.4 Å². The van der Waals surface area contributed by atoms with Crippen molar-refractivity contribution in [2.24, 2.45) is 0 Å². The average Bonchev–Trinajstić information content (AvgIpc) is 2.58. The number of benzene rings is 2. The van der Waals surface area contributed by atoms with Crippen LogP contribution in [0.25, 0.3) is 0 Å². The van der Waals surface area contributed by atoms with Gasteiger partial charge in [0.2, 0.25) is 0 Å². The lowest BCUT2D eigenvalue weighted by atomic mass is 9.91.